The molecule has 0 spiro atoms. The summed E-state index contributed by atoms with van der Waals surface area (Å²) in [5.41, 5.74) is 11.7. The highest BCUT2D eigenvalue weighted by Gasteiger charge is 2.26. The van der Waals surface area contributed by atoms with Gasteiger partial charge in [0.15, 0.2) is 0 Å². The normalized spacial score (nSPS) is 13.6. The van der Waals surface area contributed by atoms with Crippen LogP contribution in [0.5, 0.6) is 0 Å². The number of amides is 2. The van der Waals surface area contributed by atoms with Crippen LogP contribution in [0.2, 0.25) is 0 Å². The van der Waals surface area contributed by atoms with Gasteiger partial charge in [0.05, 0.1) is 12.6 Å². The zero-order valence-corrected chi connectivity index (χ0v) is 11.4. The fraction of sp³-hybridized carbons (Fsp3) is 0.429. The third kappa shape index (κ3) is 4.06. The minimum absolute atomic E-state index is 0.0980. The van der Waals surface area contributed by atoms with E-state index in [0.29, 0.717) is 0 Å². The van der Waals surface area contributed by atoms with Crippen molar-refractivity contribution < 1.29 is 9.59 Å². The topological polar surface area (TPSA) is 89.4 Å². The fourth-order valence-corrected chi connectivity index (χ4v) is 1.87. The Hall–Kier alpha value is -1.88. The molecule has 5 nitrogen and oxygen atoms in total. The van der Waals surface area contributed by atoms with Crippen LogP contribution < -0.4 is 11.5 Å². The summed E-state index contributed by atoms with van der Waals surface area (Å²) in [6.45, 7) is 3.77. The molecule has 2 atom stereocenters. The predicted octanol–water partition coefficient (Wildman–Crippen LogP) is 0.656. The summed E-state index contributed by atoms with van der Waals surface area (Å²) in [5, 5.41) is 0. The van der Waals surface area contributed by atoms with Gasteiger partial charge in [-0.05, 0) is 12.5 Å². The van der Waals surface area contributed by atoms with E-state index in [2.05, 4.69) is 0 Å². The molecule has 0 bridgehead atoms. The Bertz CT molecular complexity index is 434. The van der Waals surface area contributed by atoms with E-state index in [1.54, 1.807) is 6.92 Å². The number of nitrogens with zero attached hydrogens (tertiary/aromatic N) is 1. The number of hydrogen-bond donors (Lipinski definition) is 2. The molecule has 104 valence electrons. The molecule has 19 heavy (non-hydrogen) atoms. The highest BCUT2D eigenvalue weighted by Crippen LogP contribution is 2.21. The lowest BCUT2D eigenvalue weighted by Gasteiger charge is -2.30. The van der Waals surface area contributed by atoms with E-state index in [1.807, 2.05) is 37.3 Å². The van der Waals surface area contributed by atoms with Crippen LogP contribution in [0.25, 0.3) is 0 Å². The van der Waals surface area contributed by atoms with Crippen molar-refractivity contribution in [1.29, 1.82) is 0 Å². The van der Waals surface area contributed by atoms with Gasteiger partial charge in [0.25, 0.3) is 0 Å². The average molecular weight is 263 g/mol. The maximum absolute atomic E-state index is 12.3. The lowest BCUT2D eigenvalue weighted by Crippen LogP contribution is -2.44. The van der Waals surface area contributed by atoms with E-state index in [1.165, 1.54) is 4.90 Å². The Morgan fingerprint density at radius 2 is 1.79 bits per heavy atom. The van der Waals surface area contributed by atoms with Crippen molar-refractivity contribution in [3.05, 3.63) is 35.9 Å². The number of hydrogen-bond acceptors (Lipinski definition) is 3. The van der Waals surface area contributed by atoms with Crippen molar-refractivity contribution in [3.63, 3.8) is 0 Å². The molecular weight excluding hydrogens is 242 g/mol. The Morgan fingerprint density at radius 1 is 1.21 bits per heavy atom. The molecule has 2 amide bonds. The van der Waals surface area contributed by atoms with Gasteiger partial charge in [-0.1, -0.05) is 37.3 Å². The third-order valence-electron chi connectivity index (χ3n) is 3.13. The monoisotopic (exact) mass is 263 g/mol. The molecule has 0 saturated carbocycles. The molecule has 0 fully saturated rings. The summed E-state index contributed by atoms with van der Waals surface area (Å²) in [6, 6.07) is 9.31. The fourth-order valence-electron chi connectivity index (χ4n) is 1.87. The summed E-state index contributed by atoms with van der Waals surface area (Å²) in [4.78, 5) is 24.9. The van der Waals surface area contributed by atoms with E-state index in [4.69, 9.17) is 11.5 Å². The molecule has 0 aromatic heterocycles. The molecule has 0 aliphatic rings. The molecule has 1 rings (SSSR count). The van der Waals surface area contributed by atoms with Gasteiger partial charge < -0.3 is 16.4 Å². The van der Waals surface area contributed by atoms with Crippen molar-refractivity contribution in [2.45, 2.75) is 19.9 Å². The first-order valence-electron chi connectivity index (χ1n) is 6.31. The number of carbonyl (C=O) groups excluding carboxylic acids is 2. The molecule has 5 heteroatoms. The van der Waals surface area contributed by atoms with Crippen LogP contribution in [0.3, 0.4) is 0 Å². The Morgan fingerprint density at radius 3 is 2.26 bits per heavy atom. The molecule has 4 N–H and O–H groups in total. The van der Waals surface area contributed by atoms with E-state index in [9.17, 15) is 9.59 Å². The van der Waals surface area contributed by atoms with Crippen LogP contribution >= 0.6 is 0 Å². The predicted molar refractivity (Wildman–Crippen MR) is 74.0 cm³/mol. The number of carbonyl (C=O) groups is 2. The van der Waals surface area contributed by atoms with Gasteiger partial charge in [-0.3, -0.25) is 9.59 Å². The number of primary amides is 1. The largest absolute Gasteiger partial charge is 0.368 e. The molecule has 0 aliphatic heterocycles. The second-order valence-electron chi connectivity index (χ2n) is 4.66. The highest BCUT2D eigenvalue weighted by molar-refractivity contribution is 5.85. The molecule has 0 heterocycles. The summed E-state index contributed by atoms with van der Waals surface area (Å²) in [6.07, 6.45) is 0. The lowest BCUT2D eigenvalue weighted by atomic mass is 10.0. The molecule has 0 radical (unpaired) electrons. The standard InChI is InChI=1S/C14H21N3O2/c1-10(8-15)14(19)17(9-13(16)18)11(2)12-6-4-3-5-7-12/h3-7,10-11H,8-9,15H2,1-2H3,(H2,16,18)/t10?,11-/m1/s1. The van der Waals surface area contributed by atoms with E-state index in [0.717, 1.165) is 5.56 Å². The number of nitrogens with two attached hydrogens (primary N) is 2. The van der Waals surface area contributed by atoms with Gasteiger partial charge in [0, 0.05) is 12.5 Å². The number of rotatable bonds is 6. The van der Waals surface area contributed by atoms with E-state index in [-0.39, 0.29) is 31.0 Å². The quantitative estimate of drug-likeness (QED) is 0.790. The molecule has 1 unspecified atom stereocenters. The third-order valence-corrected chi connectivity index (χ3v) is 3.13. The maximum Gasteiger partial charge on any atom is 0.237 e. The van der Waals surface area contributed by atoms with E-state index < -0.39 is 5.91 Å². The average Bonchev–Trinajstić information content (AvgIpc) is 2.43. The van der Waals surface area contributed by atoms with Crippen LogP contribution in [0.1, 0.15) is 25.5 Å². The molecular formula is C14H21N3O2. The zero-order chi connectivity index (χ0) is 14.4. The van der Waals surface area contributed by atoms with Gasteiger partial charge in [-0.25, -0.2) is 0 Å². The molecule has 0 saturated heterocycles. The molecule has 1 aromatic carbocycles. The maximum atomic E-state index is 12.3. The summed E-state index contributed by atoms with van der Waals surface area (Å²) >= 11 is 0. The van der Waals surface area contributed by atoms with Gasteiger partial charge in [-0.15, -0.1) is 0 Å². The first kappa shape index (κ1) is 15.2. The molecule has 0 aliphatic carbocycles. The smallest absolute Gasteiger partial charge is 0.237 e. The first-order chi connectivity index (χ1) is 8.97. The number of benzene rings is 1. The van der Waals surface area contributed by atoms with Crippen LogP contribution in [-0.2, 0) is 9.59 Å². The Labute approximate surface area is 113 Å². The Kier molecular flexibility index (Phi) is 5.51. The second-order valence-corrected chi connectivity index (χ2v) is 4.66. The highest BCUT2D eigenvalue weighted by atomic mass is 16.2. The van der Waals surface area contributed by atoms with Crippen LogP contribution in [0.4, 0.5) is 0 Å². The van der Waals surface area contributed by atoms with Crippen molar-refractivity contribution in [3.8, 4) is 0 Å². The van der Waals surface area contributed by atoms with Crippen molar-refractivity contribution in [1.82, 2.24) is 4.90 Å². The van der Waals surface area contributed by atoms with Crippen LogP contribution in [0, 0.1) is 5.92 Å². The summed E-state index contributed by atoms with van der Waals surface area (Å²) in [7, 11) is 0. The summed E-state index contributed by atoms with van der Waals surface area (Å²) in [5.74, 6) is -1.01. The van der Waals surface area contributed by atoms with Crippen molar-refractivity contribution in [2.75, 3.05) is 13.1 Å². The van der Waals surface area contributed by atoms with Gasteiger partial charge in [0.2, 0.25) is 11.8 Å². The van der Waals surface area contributed by atoms with Gasteiger partial charge >= 0.3 is 0 Å². The van der Waals surface area contributed by atoms with Gasteiger partial charge in [0.1, 0.15) is 0 Å². The van der Waals surface area contributed by atoms with Crippen LogP contribution in [-0.4, -0.2) is 29.8 Å². The zero-order valence-electron chi connectivity index (χ0n) is 11.4. The summed E-state index contributed by atoms with van der Waals surface area (Å²) < 4.78 is 0. The van der Waals surface area contributed by atoms with Crippen molar-refractivity contribution in [2.24, 2.45) is 17.4 Å². The Balaban J connectivity index is 2.96. The van der Waals surface area contributed by atoms with E-state index >= 15 is 0 Å². The van der Waals surface area contributed by atoms with Gasteiger partial charge in [-0.2, -0.15) is 0 Å². The second kappa shape index (κ2) is 6.89. The first-order valence-corrected chi connectivity index (χ1v) is 6.31. The minimum Gasteiger partial charge on any atom is -0.368 e. The minimum atomic E-state index is -0.527. The molecule has 1 aromatic rings. The lowest BCUT2D eigenvalue weighted by molar-refractivity contribution is -0.140. The van der Waals surface area contributed by atoms with Crippen molar-refractivity contribution >= 4 is 11.8 Å². The SMILES string of the molecule is CC(CN)C(=O)N(CC(N)=O)[C@H](C)c1ccccc1. The van der Waals surface area contributed by atoms with Crippen LogP contribution in [0.15, 0.2) is 30.3 Å².